The first-order valence-corrected chi connectivity index (χ1v) is 13.7. The van der Waals surface area contributed by atoms with Crippen LogP contribution in [0.5, 0.6) is 0 Å². The quantitative estimate of drug-likeness (QED) is 0.226. The van der Waals surface area contributed by atoms with Gasteiger partial charge < -0.3 is 0 Å². The summed E-state index contributed by atoms with van der Waals surface area (Å²) < 4.78 is 2.93. The number of hydrogen-bond acceptors (Lipinski definition) is 2. The van der Waals surface area contributed by atoms with Gasteiger partial charge in [-0.25, -0.2) is 0 Å². The standard InChI is InChI=1S/C32H24S2/c1-3-7-21(8-4-1)11-15-25-19-23-13-17-27-29(31(23)33-25)28-18-14-24-20-26(34-32(24)30(27)28)16-12-22-9-5-2-6-10-22/h1-10,13-14,17-20H,11-12,15-16H2. The highest BCUT2D eigenvalue weighted by molar-refractivity contribution is 7.20. The smallest absolute Gasteiger partial charge is 0.0430 e. The molecule has 0 spiro atoms. The lowest BCUT2D eigenvalue weighted by molar-refractivity contribution is 0.982. The third-order valence-corrected chi connectivity index (χ3v) is 9.48. The fourth-order valence-electron chi connectivity index (χ4n) is 5.27. The summed E-state index contributed by atoms with van der Waals surface area (Å²) in [6, 6.07) is 35.9. The molecule has 0 atom stereocenters. The van der Waals surface area contributed by atoms with Crippen molar-refractivity contribution in [3.8, 4) is 22.3 Å². The predicted octanol–water partition coefficient (Wildman–Crippen LogP) is 9.33. The van der Waals surface area contributed by atoms with Gasteiger partial charge in [0.1, 0.15) is 0 Å². The number of benzene rings is 4. The van der Waals surface area contributed by atoms with Gasteiger partial charge >= 0.3 is 0 Å². The van der Waals surface area contributed by atoms with E-state index in [-0.39, 0.29) is 0 Å². The highest BCUT2D eigenvalue weighted by Gasteiger charge is 2.28. The van der Waals surface area contributed by atoms with E-state index < -0.39 is 0 Å². The third-order valence-electron chi connectivity index (χ3n) is 7.02. The maximum absolute atomic E-state index is 2.41. The molecule has 0 fully saturated rings. The van der Waals surface area contributed by atoms with E-state index in [2.05, 4.69) is 97.1 Å². The van der Waals surface area contributed by atoms with Crippen molar-refractivity contribution in [3.05, 3.63) is 118 Å². The van der Waals surface area contributed by atoms with E-state index in [1.807, 2.05) is 22.7 Å². The molecule has 0 saturated heterocycles. The van der Waals surface area contributed by atoms with Crippen molar-refractivity contribution >= 4 is 42.8 Å². The number of rotatable bonds is 6. The molecule has 2 aromatic heterocycles. The van der Waals surface area contributed by atoms with Crippen molar-refractivity contribution < 1.29 is 0 Å². The normalized spacial score (nSPS) is 12.0. The molecular weight excluding hydrogens is 448 g/mol. The minimum absolute atomic E-state index is 1.11. The largest absolute Gasteiger partial charge is 0.140 e. The van der Waals surface area contributed by atoms with Crippen molar-refractivity contribution in [2.45, 2.75) is 25.7 Å². The first kappa shape index (κ1) is 20.2. The summed E-state index contributed by atoms with van der Waals surface area (Å²) in [6.07, 6.45) is 4.43. The van der Waals surface area contributed by atoms with E-state index in [0.717, 1.165) is 25.7 Å². The van der Waals surface area contributed by atoms with Crippen LogP contribution in [-0.4, -0.2) is 0 Å². The van der Waals surface area contributed by atoms with E-state index in [4.69, 9.17) is 0 Å². The summed E-state index contributed by atoms with van der Waals surface area (Å²) in [5.74, 6) is 0. The Morgan fingerprint density at radius 1 is 0.441 bits per heavy atom. The third kappa shape index (κ3) is 3.41. The van der Waals surface area contributed by atoms with Gasteiger partial charge in [-0.05, 0) is 70.8 Å². The van der Waals surface area contributed by atoms with Gasteiger partial charge in [0.25, 0.3) is 0 Å². The summed E-state index contributed by atoms with van der Waals surface area (Å²) in [5.41, 5.74) is 8.68. The van der Waals surface area contributed by atoms with Crippen molar-refractivity contribution in [2.24, 2.45) is 0 Å². The van der Waals surface area contributed by atoms with Crippen LogP contribution in [-0.2, 0) is 25.7 Å². The highest BCUT2D eigenvalue weighted by atomic mass is 32.1. The van der Waals surface area contributed by atoms with Crippen molar-refractivity contribution in [3.63, 3.8) is 0 Å². The molecule has 4 aromatic carbocycles. The molecular formula is C32H24S2. The molecule has 1 aliphatic carbocycles. The van der Waals surface area contributed by atoms with Crippen LogP contribution in [0.1, 0.15) is 20.9 Å². The van der Waals surface area contributed by atoms with Gasteiger partial charge in [-0.2, -0.15) is 0 Å². The molecule has 34 heavy (non-hydrogen) atoms. The minimum Gasteiger partial charge on any atom is -0.140 e. The number of aryl methyl sites for hydroxylation is 4. The Balaban J connectivity index is 1.19. The molecule has 6 aromatic rings. The summed E-state index contributed by atoms with van der Waals surface area (Å²) >= 11 is 3.98. The molecule has 164 valence electrons. The Labute approximate surface area is 208 Å². The molecule has 0 bridgehead atoms. The van der Waals surface area contributed by atoms with Crippen LogP contribution >= 0.6 is 22.7 Å². The van der Waals surface area contributed by atoms with Crippen molar-refractivity contribution in [2.75, 3.05) is 0 Å². The molecule has 2 heteroatoms. The van der Waals surface area contributed by atoms with Gasteiger partial charge in [0.15, 0.2) is 0 Å². The number of thiophene rings is 2. The van der Waals surface area contributed by atoms with Gasteiger partial charge in [0.2, 0.25) is 0 Å². The van der Waals surface area contributed by atoms with E-state index in [1.165, 1.54) is 63.3 Å². The number of hydrogen-bond donors (Lipinski definition) is 0. The molecule has 0 aliphatic heterocycles. The monoisotopic (exact) mass is 472 g/mol. The lowest BCUT2D eigenvalue weighted by Crippen LogP contribution is -1.98. The van der Waals surface area contributed by atoms with Gasteiger partial charge in [0, 0.05) is 30.3 Å². The zero-order valence-electron chi connectivity index (χ0n) is 18.9. The SMILES string of the molecule is c1ccc(CCc2cc3ccc4c(c3s2)-c2ccc3cc(CCc5ccccc5)sc3c2-4)cc1. The highest BCUT2D eigenvalue weighted by Crippen LogP contribution is 2.56. The topological polar surface area (TPSA) is 0 Å². The maximum Gasteiger partial charge on any atom is 0.0430 e. The summed E-state index contributed by atoms with van der Waals surface area (Å²) in [4.78, 5) is 2.97. The Hall–Kier alpha value is -3.20. The molecule has 0 N–H and O–H groups in total. The van der Waals surface area contributed by atoms with Gasteiger partial charge in [0.05, 0.1) is 0 Å². The first-order valence-electron chi connectivity index (χ1n) is 12.0. The van der Waals surface area contributed by atoms with Crippen LogP contribution in [0.2, 0.25) is 0 Å². The van der Waals surface area contributed by atoms with E-state index >= 15 is 0 Å². The second-order valence-electron chi connectivity index (χ2n) is 9.21. The molecule has 0 saturated carbocycles. The van der Waals surface area contributed by atoms with Gasteiger partial charge in [-0.15, -0.1) is 22.7 Å². The fraction of sp³-hybridized carbons (Fsp3) is 0.125. The van der Waals surface area contributed by atoms with Crippen LogP contribution in [0.25, 0.3) is 42.4 Å². The van der Waals surface area contributed by atoms with E-state index in [9.17, 15) is 0 Å². The van der Waals surface area contributed by atoms with E-state index in [0.29, 0.717) is 0 Å². The van der Waals surface area contributed by atoms with Crippen molar-refractivity contribution in [1.29, 1.82) is 0 Å². The Bertz CT molecular complexity index is 1500. The zero-order chi connectivity index (χ0) is 22.5. The molecule has 0 radical (unpaired) electrons. The molecule has 0 amide bonds. The molecule has 7 rings (SSSR count). The zero-order valence-corrected chi connectivity index (χ0v) is 20.5. The Morgan fingerprint density at radius 2 is 0.882 bits per heavy atom. The predicted molar refractivity (Wildman–Crippen MR) is 149 cm³/mol. The maximum atomic E-state index is 2.41. The summed E-state index contributed by atoms with van der Waals surface area (Å²) in [6.45, 7) is 0. The van der Waals surface area contributed by atoms with Crippen LogP contribution in [0.15, 0.2) is 97.1 Å². The number of fused-ring (bicyclic) bond motifs is 8. The van der Waals surface area contributed by atoms with Crippen LogP contribution in [0.4, 0.5) is 0 Å². The van der Waals surface area contributed by atoms with Crippen molar-refractivity contribution in [1.82, 2.24) is 0 Å². The van der Waals surface area contributed by atoms with E-state index in [1.54, 1.807) is 0 Å². The molecule has 0 unspecified atom stereocenters. The summed E-state index contributed by atoms with van der Waals surface area (Å²) in [7, 11) is 0. The second kappa shape index (κ2) is 8.23. The Kier molecular flexibility index (Phi) is 4.89. The second-order valence-corrected chi connectivity index (χ2v) is 11.5. The summed E-state index contributed by atoms with van der Waals surface area (Å²) in [5, 5.41) is 2.79. The first-order chi connectivity index (χ1) is 16.8. The molecule has 0 nitrogen and oxygen atoms in total. The van der Waals surface area contributed by atoms with Gasteiger partial charge in [-0.3, -0.25) is 0 Å². The van der Waals surface area contributed by atoms with Crippen LogP contribution in [0, 0.1) is 0 Å². The molecule has 1 aliphatic rings. The lowest BCUT2D eigenvalue weighted by atomic mass is 9.79. The van der Waals surface area contributed by atoms with Crippen LogP contribution in [0.3, 0.4) is 0 Å². The average Bonchev–Trinajstić information content (AvgIpc) is 3.47. The fourth-order valence-corrected chi connectivity index (χ4v) is 7.71. The Morgan fingerprint density at radius 3 is 1.32 bits per heavy atom. The average molecular weight is 473 g/mol. The van der Waals surface area contributed by atoms with Crippen LogP contribution < -0.4 is 0 Å². The minimum atomic E-state index is 1.11. The molecule has 2 heterocycles. The van der Waals surface area contributed by atoms with Gasteiger partial charge in [-0.1, -0.05) is 84.9 Å². The lowest BCUT2D eigenvalue weighted by Gasteiger charge is -2.25.